The summed E-state index contributed by atoms with van der Waals surface area (Å²) in [6, 6.07) is 8.32. The minimum atomic E-state index is -0.918. The number of nitrogens with one attached hydrogen (secondary N) is 1. The van der Waals surface area contributed by atoms with Crippen LogP contribution >= 0.6 is 11.6 Å². The van der Waals surface area contributed by atoms with E-state index in [2.05, 4.69) is 27.1 Å². The molecular weight excluding hydrogens is 418 g/mol. The lowest BCUT2D eigenvalue weighted by atomic mass is 10.1. The summed E-state index contributed by atoms with van der Waals surface area (Å²) in [5, 5.41) is 25.4. The van der Waals surface area contributed by atoms with E-state index in [1.165, 1.54) is 6.33 Å². The van der Waals surface area contributed by atoms with Gasteiger partial charge in [0.1, 0.15) is 23.2 Å². The van der Waals surface area contributed by atoms with Crippen LogP contribution in [-0.2, 0) is 0 Å². The van der Waals surface area contributed by atoms with Crippen LogP contribution in [0.5, 0.6) is 0 Å². The monoisotopic (exact) mass is 439 g/mol. The van der Waals surface area contributed by atoms with E-state index in [1.54, 1.807) is 24.3 Å². The number of aliphatic hydroxyl groups excluding tert-OH is 2. The van der Waals surface area contributed by atoms with Gasteiger partial charge in [-0.25, -0.2) is 9.97 Å². The second-order valence-electron chi connectivity index (χ2n) is 7.55. The zero-order valence-electron chi connectivity index (χ0n) is 16.6. The second kappa shape index (κ2) is 9.04. The lowest BCUT2D eigenvalue weighted by Crippen LogP contribution is -2.33. The molecule has 4 atom stereocenters. The first-order valence-electron chi connectivity index (χ1n) is 9.88. The van der Waals surface area contributed by atoms with Crippen molar-refractivity contribution in [1.82, 2.24) is 19.9 Å². The lowest BCUT2D eigenvalue weighted by Gasteiger charge is -2.19. The number of primary amides is 1. The van der Waals surface area contributed by atoms with Crippen LogP contribution in [0, 0.1) is 17.8 Å². The Balaban J connectivity index is 1.37. The highest BCUT2D eigenvalue weighted by Gasteiger charge is 2.42. The summed E-state index contributed by atoms with van der Waals surface area (Å²) < 4.78 is 1.85. The molecule has 0 radical (unpaired) electrons. The van der Waals surface area contributed by atoms with E-state index in [4.69, 9.17) is 17.3 Å². The van der Waals surface area contributed by atoms with Crippen LogP contribution in [0.25, 0.3) is 11.0 Å². The second-order valence-corrected chi connectivity index (χ2v) is 7.90. The normalized spacial score (nSPS) is 22.9. The zero-order chi connectivity index (χ0) is 22.0. The van der Waals surface area contributed by atoms with E-state index < -0.39 is 18.1 Å². The van der Waals surface area contributed by atoms with Gasteiger partial charge in [0, 0.05) is 29.8 Å². The standard InChI is InChI=1S/C22H22ClN5O3/c23-20-16-6-8-28(22(16)27-12-26-20)17-10-15(18(29)19(17)30)11-25-7-2-4-13-3-1-5-14(9-13)21(24)31/h1,3,5-6,8-9,12,15,17-19,25,29-30H,7,10-11H2,(H2,24,31)/t15?,17-,18-,19+/m1/s1. The molecule has 8 nitrogen and oxygen atoms in total. The maximum atomic E-state index is 11.2. The molecule has 1 saturated carbocycles. The molecule has 1 aliphatic rings. The number of carbonyl (C=O) groups excluding carboxylic acids is 1. The molecule has 1 aliphatic carbocycles. The van der Waals surface area contributed by atoms with Gasteiger partial charge in [-0.2, -0.15) is 0 Å². The van der Waals surface area contributed by atoms with Crippen molar-refractivity contribution in [2.45, 2.75) is 24.7 Å². The molecule has 1 amide bonds. The van der Waals surface area contributed by atoms with Crippen molar-refractivity contribution in [3.63, 3.8) is 0 Å². The number of aromatic nitrogens is 3. The predicted octanol–water partition coefficient (Wildman–Crippen LogP) is 1.11. The Morgan fingerprint density at radius 3 is 2.94 bits per heavy atom. The summed E-state index contributed by atoms with van der Waals surface area (Å²) in [6.07, 6.45) is 1.99. The fourth-order valence-corrected chi connectivity index (χ4v) is 4.19. The van der Waals surface area contributed by atoms with Gasteiger partial charge in [-0.05, 0) is 30.7 Å². The van der Waals surface area contributed by atoms with Crippen molar-refractivity contribution in [2.75, 3.05) is 13.1 Å². The smallest absolute Gasteiger partial charge is 0.248 e. The molecular formula is C22H22ClN5O3. The Bertz CT molecular complexity index is 1170. The summed E-state index contributed by atoms with van der Waals surface area (Å²) in [7, 11) is 0. The van der Waals surface area contributed by atoms with Gasteiger partial charge in [-0.15, -0.1) is 0 Å². The van der Waals surface area contributed by atoms with E-state index in [0.29, 0.717) is 46.8 Å². The quantitative estimate of drug-likeness (QED) is 0.268. The Morgan fingerprint density at radius 2 is 2.13 bits per heavy atom. The number of aliphatic hydroxyl groups is 2. The van der Waals surface area contributed by atoms with E-state index in [-0.39, 0.29) is 12.0 Å². The molecule has 0 bridgehead atoms. The van der Waals surface area contributed by atoms with Crippen LogP contribution < -0.4 is 11.1 Å². The molecule has 1 aromatic carbocycles. The fourth-order valence-electron chi connectivity index (χ4n) is 4.00. The number of carbonyl (C=O) groups is 1. The molecule has 31 heavy (non-hydrogen) atoms. The third kappa shape index (κ3) is 4.40. The molecule has 1 fully saturated rings. The Morgan fingerprint density at radius 1 is 1.29 bits per heavy atom. The van der Waals surface area contributed by atoms with Gasteiger partial charge in [0.05, 0.1) is 24.1 Å². The number of nitrogens with two attached hydrogens (primary N) is 1. The predicted molar refractivity (Wildman–Crippen MR) is 116 cm³/mol. The average Bonchev–Trinajstić information content (AvgIpc) is 3.31. The molecule has 2 heterocycles. The highest BCUT2D eigenvalue weighted by atomic mass is 35.5. The summed E-state index contributed by atoms with van der Waals surface area (Å²) in [5.74, 6) is 5.34. The number of hydrogen-bond acceptors (Lipinski definition) is 6. The first-order chi connectivity index (χ1) is 15.0. The summed E-state index contributed by atoms with van der Waals surface area (Å²) in [5.41, 5.74) is 7.03. The summed E-state index contributed by atoms with van der Waals surface area (Å²) in [6.45, 7) is 0.903. The van der Waals surface area contributed by atoms with Gasteiger partial charge < -0.3 is 25.8 Å². The van der Waals surface area contributed by atoms with E-state index in [9.17, 15) is 15.0 Å². The largest absolute Gasteiger partial charge is 0.390 e. The van der Waals surface area contributed by atoms with Gasteiger partial charge >= 0.3 is 0 Å². The highest BCUT2D eigenvalue weighted by molar-refractivity contribution is 6.33. The van der Waals surface area contributed by atoms with Crippen LogP contribution in [0.2, 0.25) is 5.15 Å². The van der Waals surface area contributed by atoms with E-state index >= 15 is 0 Å². The van der Waals surface area contributed by atoms with Crippen molar-refractivity contribution < 1.29 is 15.0 Å². The first-order valence-corrected chi connectivity index (χ1v) is 10.3. The van der Waals surface area contributed by atoms with Crippen molar-refractivity contribution in [1.29, 1.82) is 0 Å². The van der Waals surface area contributed by atoms with Crippen LogP contribution in [0.1, 0.15) is 28.4 Å². The topological polar surface area (TPSA) is 126 Å². The number of benzene rings is 1. The van der Waals surface area contributed by atoms with Crippen molar-refractivity contribution in [3.8, 4) is 11.8 Å². The number of nitrogens with zero attached hydrogens (tertiary/aromatic N) is 3. The third-order valence-electron chi connectivity index (χ3n) is 5.59. The number of hydrogen-bond donors (Lipinski definition) is 4. The number of rotatable bonds is 5. The molecule has 5 N–H and O–H groups in total. The molecule has 0 saturated heterocycles. The molecule has 160 valence electrons. The van der Waals surface area contributed by atoms with E-state index in [0.717, 1.165) is 0 Å². The van der Waals surface area contributed by atoms with Gasteiger partial charge in [0.15, 0.2) is 0 Å². The Labute approximate surface area is 184 Å². The van der Waals surface area contributed by atoms with Gasteiger partial charge in [0.25, 0.3) is 0 Å². The van der Waals surface area contributed by atoms with Crippen LogP contribution in [0.15, 0.2) is 42.9 Å². The molecule has 0 spiro atoms. The molecule has 9 heteroatoms. The first kappa shape index (κ1) is 21.3. The fraction of sp³-hybridized carbons (Fsp3) is 0.318. The Hall–Kier alpha value is -2.96. The number of fused-ring (bicyclic) bond motifs is 1. The lowest BCUT2D eigenvalue weighted by molar-refractivity contribution is 0.00707. The SMILES string of the molecule is NC(=O)c1cccc(C#CCNCC2C[C@@H](n3ccc4c(Cl)ncnc43)[C@H](O)[C@@H]2O)c1. The van der Waals surface area contributed by atoms with Gasteiger partial charge in [-0.3, -0.25) is 4.79 Å². The Kier molecular flexibility index (Phi) is 6.20. The summed E-state index contributed by atoms with van der Waals surface area (Å²) in [4.78, 5) is 19.5. The highest BCUT2D eigenvalue weighted by Crippen LogP contribution is 2.37. The average molecular weight is 440 g/mol. The third-order valence-corrected chi connectivity index (χ3v) is 5.89. The molecule has 4 rings (SSSR count). The minimum absolute atomic E-state index is 0.144. The maximum Gasteiger partial charge on any atom is 0.248 e. The van der Waals surface area contributed by atoms with Crippen molar-refractivity contribution in [2.24, 2.45) is 11.7 Å². The van der Waals surface area contributed by atoms with Crippen molar-refractivity contribution in [3.05, 3.63) is 59.1 Å². The molecule has 2 aromatic heterocycles. The summed E-state index contributed by atoms with van der Waals surface area (Å²) >= 11 is 6.12. The molecule has 0 aliphatic heterocycles. The van der Waals surface area contributed by atoms with Gasteiger partial charge in [0.2, 0.25) is 5.91 Å². The van der Waals surface area contributed by atoms with E-state index in [1.807, 2.05) is 16.8 Å². The van der Waals surface area contributed by atoms with Crippen molar-refractivity contribution >= 4 is 28.5 Å². The zero-order valence-corrected chi connectivity index (χ0v) is 17.3. The van der Waals surface area contributed by atoms with Crippen LogP contribution in [0.4, 0.5) is 0 Å². The van der Waals surface area contributed by atoms with Crippen LogP contribution in [0.3, 0.4) is 0 Å². The van der Waals surface area contributed by atoms with Crippen LogP contribution in [-0.4, -0.2) is 56.0 Å². The number of amides is 1. The maximum absolute atomic E-state index is 11.2. The van der Waals surface area contributed by atoms with Gasteiger partial charge in [-0.1, -0.05) is 29.5 Å². The minimum Gasteiger partial charge on any atom is -0.390 e. The molecule has 3 aromatic rings. The molecule has 1 unspecified atom stereocenters. The number of halogens is 1.